The van der Waals surface area contributed by atoms with E-state index in [1.165, 1.54) is 0 Å². The van der Waals surface area contributed by atoms with Crippen molar-refractivity contribution in [3.05, 3.63) is 28.5 Å². The first kappa shape index (κ1) is 19.6. The van der Waals surface area contributed by atoms with Crippen LogP contribution >= 0.6 is 40.7 Å². The molecule has 2 heterocycles. The maximum Gasteiger partial charge on any atom is 0.255 e. The number of likely N-dealkylation sites (tertiary alicyclic amines) is 1. The summed E-state index contributed by atoms with van der Waals surface area (Å²) in [7, 11) is 0. The normalized spacial score (nSPS) is 20.6. The number of carbonyl (C=O) groups excluding carboxylic acids is 1. The molecule has 1 amide bonds. The fraction of sp³-hybridized carbons (Fsp3) is 0.538. The summed E-state index contributed by atoms with van der Waals surface area (Å²) in [6, 6.07) is 1.96. The van der Waals surface area contributed by atoms with Gasteiger partial charge in [-0.2, -0.15) is 0 Å². The van der Waals surface area contributed by atoms with Gasteiger partial charge in [-0.05, 0) is 33.8 Å². The Morgan fingerprint density at radius 2 is 2.10 bits per heavy atom. The average Bonchev–Trinajstić information content (AvgIpc) is 2.31. The van der Waals surface area contributed by atoms with Crippen LogP contribution in [0.2, 0.25) is 0 Å². The van der Waals surface area contributed by atoms with E-state index in [0.29, 0.717) is 12.1 Å². The van der Waals surface area contributed by atoms with Gasteiger partial charge in [-0.1, -0.05) is 13.8 Å². The monoisotopic (exact) mass is 383 g/mol. The number of hydrogen-bond donors (Lipinski definition) is 1. The van der Waals surface area contributed by atoms with Crippen LogP contribution in [0.1, 0.15) is 30.6 Å². The molecule has 1 aliphatic heterocycles. The summed E-state index contributed by atoms with van der Waals surface area (Å²) in [6.45, 7) is 5.63. The molecule has 0 bridgehead atoms. The van der Waals surface area contributed by atoms with Gasteiger partial charge in [0.15, 0.2) is 0 Å². The van der Waals surface area contributed by atoms with Crippen LogP contribution in [0.4, 0.5) is 0 Å². The lowest BCUT2D eigenvalue weighted by Crippen LogP contribution is -2.54. The highest BCUT2D eigenvalue weighted by molar-refractivity contribution is 9.10. The lowest BCUT2D eigenvalue weighted by molar-refractivity contribution is 0.0532. The second-order valence-electron chi connectivity index (χ2n) is 5.50. The van der Waals surface area contributed by atoms with Gasteiger partial charge in [-0.15, -0.1) is 24.8 Å². The van der Waals surface area contributed by atoms with Crippen LogP contribution in [0.3, 0.4) is 0 Å². The lowest BCUT2D eigenvalue weighted by atomic mass is 9.79. The Morgan fingerprint density at radius 3 is 2.65 bits per heavy atom. The Morgan fingerprint density at radius 1 is 1.45 bits per heavy atom. The molecule has 0 radical (unpaired) electrons. The van der Waals surface area contributed by atoms with Crippen LogP contribution in [-0.2, 0) is 0 Å². The smallest absolute Gasteiger partial charge is 0.255 e. The molecule has 4 nitrogen and oxygen atoms in total. The molecule has 1 aromatic rings. The van der Waals surface area contributed by atoms with Crippen LogP contribution in [-0.4, -0.2) is 34.9 Å². The zero-order valence-electron chi connectivity index (χ0n) is 11.5. The summed E-state index contributed by atoms with van der Waals surface area (Å²) >= 11 is 3.33. The maximum atomic E-state index is 12.4. The molecule has 7 heteroatoms. The Labute approximate surface area is 140 Å². The summed E-state index contributed by atoms with van der Waals surface area (Å²) in [5.41, 5.74) is 6.67. The Hall–Kier alpha value is -0.360. The van der Waals surface area contributed by atoms with Gasteiger partial charge < -0.3 is 10.6 Å². The topological polar surface area (TPSA) is 59.2 Å². The molecule has 114 valence electrons. The molecule has 0 spiro atoms. The predicted molar refractivity (Wildman–Crippen MR) is 88.7 cm³/mol. The third kappa shape index (κ3) is 4.32. The van der Waals surface area contributed by atoms with E-state index in [4.69, 9.17) is 5.73 Å². The Bertz CT molecular complexity index is 471. The van der Waals surface area contributed by atoms with Crippen LogP contribution < -0.4 is 5.73 Å². The standard InChI is InChI=1S/C13H18BrN3O.2ClH/c1-13(2)8-17(4-3-11(13)15)12(18)9-5-10(14)7-16-6-9;;/h5-7,11H,3-4,8,15H2,1-2H3;2*1H. The Kier molecular flexibility index (Phi) is 7.46. The van der Waals surface area contributed by atoms with E-state index in [2.05, 4.69) is 34.8 Å². The van der Waals surface area contributed by atoms with E-state index >= 15 is 0 Å². The van der Waals surface area contributed by atoms with Gasteiger partial charge in [0.2, 0.25) is 0 Å². The molecule has 1 aromatic heterocycles. The molecular weight excluding hydrogens is 365 g/mol. The predicted octanol–water partition coefficient (Wildman–Crippen LogP) is 2.89. The van der Waals surface area contributed by atoms with Gasteiger partial charge in [-0.25, -0.2) is 0 Å². The van der Waals surface area contributed by atoms with Crippen molar-refractivity contribution in [1.82, 2.24) is 9.88 Å². The highest BCUT2D eigenvalue weighted by Gasteiger charge is 2.35. The summed E-state index contributed by atoms with van der Waals surface area (Å²) in [6.07, 6.45) is 4.13. The second kappa shape index (κ2) is 7.59. The van der Waals surface area contributed by atoms with Crippen molar-refractivity contribution in [3.63, 3.8) is 0 Å². The first-order chi connectivity index (χ1) is 8.40. The number of nitrogens with zero attached hydrogens (tertiary/aromatic N) is 2. The van der Waals surface area contributed by atoms with Gasteiger partial charge in [-0.3, -0.25) is 9.78 Å². The average molecular weight is 385 g/mol. The number of amides is 1. The maximum absolute atomic E-state index is 12.4. The SMILES string of the molecule is CC1(C)CN(C(=O)c2cncc(Br)c2)CCC1N.Cl.Cl. The number of aromatic nitrogens is 1. The summed E-state index contributed by atoms with van der Waals surface area (Å²) in [4.78, 5) is 18.3. The molecule has 1 saturated heterocycles. The number of piperidine rings is 1. The highest BCUT2D eigenvalue weighted by atomic mass is 79.9. The quantitative estimate of drug-likeness (QED) is 0.809. The number of hydrogen-bond acceptors (Lipinski definition) is 3. The van der Waals surface area contributed by atoms with E-state index in [1.807, 2.05) is 4.90 Å². The Balaban J connectivity index is 0.00000180. The van der Waals surface area contributed by atoms with Gasteiger partial charge in [0.1, 0.15) is 0 Å². The van der Waals surface area contributed by atoms with E-state index in [9.17, 15) is 4.79 Å². The minimum atomic E-state index is -0.0344. The van der Waals surface area contributed by atoms with Gasteiger partial charge in [0.25, 0.3) is 5.91 Å². The van der Waals surface area contributed by atoms with E-state index in [-0.39, 0.29) is 42.2 Å². The molecule has 1 fully saturated rings. The molecular formula is C13H20BrCl2N3O. The van der Waals surface area contributed by atoms with Crippen LogP contribution in [0.15, 0.2) is 22.9 Å². The zero-order chi connectivity index (χ0) is 13.3. The van der Waals surface area contributed by atoms with E-state index in [1.54, 1.807) is 18.5 Å². The number of rotatable bonds is 1. The molecule has 1 aliphatic rings. The van der Waals surface area contributed by atoms with Crippen molar-refractivity contribution in [3.8, 4) is 0 Å². The molecule has 2 rings (SSSR count). The zero-order valence-corrected chi connectivity index (χ0v) is 14.7. The summed E-state index contributed by atoms with van der Waals surface area (Å²) < 4.78 is 0.821. The molecule has 1 unspecified atom stereocenters. The highest BCUT2D eigenvalue weighted by Crippen LogP contribution is 2.28. The molecule has 0 aliphatic carbocycles. The second-order valence-corrected chi connectivity index (χ2v) is 6.42. The minimum Gasteiger partial charge on any atom is -0.338 e. The lowest BCUT2D eigenvalue weighted by Gasteiger charge is -2.42. The third-order valence-corrected chi connectivity index (χ3v) is 3.98. The number of pyridine rings is 1. The van der Waals surface area contributed by atoms with Crippen LogP contribution in [0, 0.1) is 5.41 Å². The van der Waals surface area contributed by atoms with E-state index in [0.717, 1.165) is 17.4 Å². The first-order valence-electron chi connectivity index (χ1n) is 6.05. The minimum absolute atomic E-state index is 0. The van der Waals surface area contributed by atoms with Gasteiger partial charge in [0, 0.05) is 36.0 Å². The molecule has 0 saturated carbocycles. The van der Waals surface area contributed by atoms with Crippen molar-refractivity contribution in [2.24, 2.45) is 11.1 Å². The molecule has 0 aromatic carbocycles. The van der Waals surface area contributed by atoms with E-state index < -0.39 is 0 Å². The van der Waals surface area contributed by atoms with Crippen LogP contribution in [0.5, 0.6) is 0 Å². The number of halogens is 3. The van der Waals surface area contributed by atoms with Crippen LogP contribution in [0.25, 0.3) is 0 Å². The fourth-order valence-electron chi connectivity index (χ4n) is 2.26. The first-order valence-corrected chi connectivity index (χ1v) is 6.85. The largest absolute Gasteiger partial charge is 0.338 e. The van der Waals surface area contributed by atoms with Crippen molar-refractivity contribution >= 4 is 46.7 Å². The molecule has 2 N–H and O–H groups in total. The molecule has 20 heavy (non-hydrogen) atoms. The van der Waals surface area contributed by atoms with Crippen molar-refractivity contribution in [1.29, 1.82) is 0 Å². The fourth-order valence-corrected chi connectivity index (χ4v) is 2.62. The van der Waals surface area contributed by atoms with Crippen molar-refractivity contribution in [2.75, 3.05) is 13.1 Å². The van der Waals surface area contributed by atoms with Crippen molar-refractivity contribution in [2.45, 2.75) is 26.3 Å². The van der Waals surface area contributed by atoms with Crippen molar-refractivity contribution < 1.29 is 4.79 Å². The summed E-state index contributed by atoms with van der Waals surface area (Å²) in [5.74, 6) is 0.0313. The molecule has 1 atom stereocenters. The summed E-state index contributed by atoms with van der Waals surface area (Å²) in [5, 5.41) is 0. The van der Waals surface area contributed by atoms with Gasteiger partial charge >= 0.3 is 0 Å². The number of carbonyl (C=O) groups is 1. The number of nitrogens with two attached hydrogens (primary N) is 1. The third-order valence-electron chi connectivity index (χ3n) is 3.55. The van der Waals surface area contributed by atoms with Gasteiger partial charge in [0.05, 0.1) is 5.56 Å².